The molecule has 0 bridgehead atoms. The van der Waals surface area contributed by atoms with Crippen molar-refractivity contribution in [2.45, 2.75) is 31.8 Å². The Morgan fingerprint density at radius 1 is 1.36 bits per heavy atom. The van der Waals surface area contributed by atoms with Crippen molar-refractivity contribution < 1.29 is 14.3 Å². The Morgan fingerprint density at radius 2 is 2.21 bits per heavy atom. The zero-order valence-corrected chi connectivity index (χ0v) is 19.1. The summed E-state index contributed by atoms with van der Waals surface area (Å²) in [6, 6.07) is 9.71. The number of benzene rings is 1. The first-order valence-electron chi connectivity index (χ1n) is 10.7. The molecule has 0 aliphatic carbocycles. The second-order valence-corrected chi connectivity index (χ2v) is 8.35. The van der Waals surface area contributed by atoms with Crippen LogP contribution in [0.2, 0.25) is 0 Å². The van der Waals surface area contributed by atoms with Crippen LogP contribution < -0.4 is 16.0 Å². The maximum Gasteiger partial charge on any atom is 0.248 e. The lowest BCUT2D eigenvalue weighted by Crippen LogP contribution is -2.44. The zero-order chi connectivity index (χ0) is 23.0. The highest BCUT2D eigenvalue weighted by Gasteiger charge is 2.24. The number of hydrogen-bond acceptors (Lipinski definition) is 9. The second-order valence-electron chi connectivity index (χ2n) is 7.62. The van der Waals surface area contributed by atoms with E-state index >= 15 is 0 Å². The standard InChI is InChI=1S/C22H27N7O3S/c1-16(20(23)30)29(22-26-21(27-33-22)28-11-9-24-14-28)10-5-8-25-18(19-13-31-15-32-19)12-17-6-3-2-4-7-17/h2-4,6-7,9,11,13-14,16,18,25H,5,8,10,12,15H2,1H3,(H2,23,30). The molecule has 1 aromatic carbocycles. The molecule has 174 valence electrons. The summed E-state index contributed by atoms with van der Waals surface area (Å²) in [5.74, 6) is 0.891. The van der Waals surface area contributed by atoms with Crippen LogP contribution in [0.5, 0.6) is 0 Å². The van der Waals surface area contributed by atoms with E-state index in [1.807, 2.05) is 23.1 Å². The molecule has 3 aromatic rings. The second kappa shape index (κ2) is 10.9. The van der Waals surface area contributed by atoms with Gasteiger partial charge in [0.05, 0.1) is 6.04 Å². The molecule has 0 saturated heterocycles. The number of amides is 1. The predicted octanol–water partition coefficient (Wildman–Crippen LogP) is 1.84. The van der Waals surface area contributed by atoms with Gasteiger partial charge in [0, 0.05) is 30.5 Å². The summed E-state index contributed by atoms with van der Waals surface area (Å²) in [5.41, 5.74) is 6.81. The number of nitrogens with one attached hydrogen (secondary N) is 1. The normalized spacial score (nSPS) is 14.8. The van der Waals surface area contributed by atoms with Crippen molar-refractivity contribution in [1.29, 1.82) is 0 Å². The third-order valence-electron chi connectivity index (χ3n) is 5.35. The largest absolute Gasteiger partial charge is 0.462 e. The first-order chi connectivity index (χ1) is 16.1. The molecule has 10 nitrogen and oxygen atoms in total. The van der Waals surface area contributed by atoms with Crippen LogP contribution >= 0.6 is 11.5 Å². The van der Waals surface area contributed by atoms with E-state index in [0.717, 1.165) is 18.6 Å². The number of primary amides is 1. The Bertz CT molecular complexity index is 1060. The van der Waals surface area contributed by atoms with E-state index in [0.29, 0.717) is 24.2 Å². The number of carbonyl (C=O) groups excluding carboxylic acids is 1. The summed E-state index contributed by atoms with van der Waals surface area (Å²) in [4.78, 5) is 22.4. The van der Waals surface area contributed by atoms with E-state index in [-0.39, 0.29) is 12.8 Å². The Morgan fingerprint density at radius 3 is 2.91 bits per heavy atom. The number of carbonyl (C=O) groups is 1. The maximum atomic E-state index is 11.9. The number of nitrogens with zero attached hydrogens (tertiary/aromatic N) is 5. The fraction of sp³-hybridized carbons (Fsp3) is 0.364. The Labute approximate surface area is 196 Å². The van der Waals surface area contributed by atoms with Crippen molar-refractivity contribution in [1.82, 2.24) is 24.2 Å². The summed E-state index contributed by atoms with van der Waals surface area (Å²) in [6.07, 6.45) is 8.28. The molecule has 2 atom stereocenters. The summed E-state index contributed by atoms with van der Waals surface area (Å²) in [6.45, 7) is 3.31. The van der Waals surface area contributed by atoms with E-state index in [2.05, 4.69) is 31.8 Å². The van der Waals surface area contributed by atoms with Crippen molar-refractivity contribution in [2.75, 3.05) is 24.8 Å². The Balaban J connectivity index is 1.38. The molecular formula is C22H27N7O3S. The molecule has 2 aromatic heterocycles. The van der Waals surface area contributed by atoms with Gasteiger partial charge in [0.1, 0.15) is 18.6 Å². The van der Waals surface area contributed by atoms with E-state index in [4.69, 9.17) is 15.2 Å². The molecule has 0 spiro atoms. The molecule has 3 heterocycles. The predicted molar refractivity (Wildman–Crippen MR) is 125 cm³/mol. The minimum atomic E-state index is -0.511. The van der Waals surface area contributed by atoms with Crippen LogP contribution in [0, 0.1) is 0 Å². The van der Waals surface area contributed by atoms with Crippen molar-refractivity contribution in [2.24, 2.45) is 5.73 Å². The van der Waals surface area contributed by atoms with Gasteiger partial charge in [-0.25, -0.2) is 4.98 Å². The van der Waals surface area contributed by atoms with E-state index in [9.17, 15) is 4.79 Å². The van der Waals surface area contributed by atoms with Crippen molar-refractivity contribution in [3.05, 3.63) is 66.6 Å². The molecular weight excluding hydrogens is 442 g/mol. The van der Waals surface area contributed by atoms with Gasteiger partial charge in [-0.05, 0) is 31.9 Å². The molecule has 2 unspecified atom stereocenters. The molecule has 11 heteroatoms. The summed E-state index contributed by atoms with van der Waals surface area (Å²) >= 11 is 1.23. The molecule has 1 aliphatic heterocycles. The molecule has 0 radical (unpaired) electrons. The fourth-order valence-electron chi connectivity index (χ4n) is 3.50. The van der Waals surface area contributed by atoms with Crippen LogP contribution in [-0.4, -0.2) is 56.8 Å². The Hall–Kier alpha value is -3.44. The molecule has 4 rings (SSSR count). The van der Waals surface area contributed by atoms with Gasteiger partial charge in [-0.1, -0.05) is 30.3 Å². The average Bonchev–Trinajstić information content (AvgIpc) is 3.61. The highest BCUT2D eigenvalue weighted by molar-refractivity contribution is 7.09. The number of aromatic nitrogens is 4. The SMILES string of the molecule is CC(C(N)=O)N(CCCNC(Cc1ccccc1)C1=COCO1)c1nc(-n2ccnc2)ns1. The van der Waals surface area contributed by atoms with Crippen LogP contribution in [0.15, 0.2) is 61.1 Å². The van der Waals surface area contributed by atoms with Crippen molar-refractivity contribution in [3.8, 4) is 5.95 Å². The number of nitrogens with two attached hydrogens (primary N) is 1. The summed E-state index contributed by atoms with van der Waals surface area (Å²) in [5, 5.41) is 4.19. The number of hydrogen-bond donors (Lipinski definition) is 2. The minimum absolute atomic E-state index is 0.00807. The van der Waals surface area contributed by atoms with Crippen LogP contribution in [0.3, 0.4) is 0 Å². The van der Waals surface area contributed by atoms with Crippen LogP contribution in [0.25, 0.3) is 5.95 Å². The lowest BCUT2D eigenvalue weighted by Gasteiger charge is -2.26. The van der Waals surface area contributed by atoms with Crippen LogP contribution in [0.4, 0.5) is 5.13 Å². The van der Waals surface area contributed by atoms with E-state index < -0.39 is 11.9 Å². The summed E-state index contributed by atoms with van der Waals surface area (Å²) in [7, 11) is 0. The highest BCUT2D eigenvalue weighted by Crippen LogP contribution is 2.22. The number of anilines is 1. The van der Waals surface area contributed by atoms with Gasteiger partial charge >= 0.3 is 0 Å². The summed E-state index contributed by atoms with van der Waals surface area (Å²) < 4.78 is 17.0. The monoisotopic (exact) mass is 469 g/mol. The fourth-order valence-corrected chi connectivity index (χ4v) is 4.27. The number of imidazole rings is 1. The van der Waals surface area contributed by atoms with Crippen molar-refractivity contribution in [3.63, 3.8) is 0 Å². The van der Waals surface area contributed by atoms with Gasteiger partial charge in [-0.3, -0.25) is 9.36 Å². The third kappa shape index (κ3) is 5.88. The van der Waals surface area contributed by atoms with Crippen LogP contribution in [0.1, 0.15) is 18.9 Å². The van der Waals surface area contributed by atoms with Crippen molar-refractivity contribution >= 4 is 22.6 Å². The van der Waals surface area contributed by atoms with E-state index in [1.165, 1.54) is 17.1 Å². The number of ether oxygens (including phenoxy) is 2. The van der Waals surface area contributed by atoms with Gasteiger partial charge < -0.3 is 25.4 Å². The molecule has 0 fully saturated rings. The molecule has 1 aliphatic rings. The van der Waals surface area contributed by atoms with Gasteiger partial charge in [-0.15, -0.1) is 0 Å². The lowest BCUT2D eigenvalue weighted by atomic mass is 10.0. The quantitative estimate of drug-likeness (QED) is 0.386. The molecule has 1 amide bonds. The van der Waals surface area contributed by atoms with E-state index in [1.54, 1.807) is 36.5 Å². The van der Waals surface area contributed by atoms with Crippen LogP contribution in [-0.2, 0) is 20.7 Å². The van der Waals surface area contributed by atoms with Gasteiger partial charge in [-0.2, -0.15) is 9.36 Å². The van der Waals surface area contributed by atoms with Gasteiger partial charge in [0.15, 0.2) is 5.76 Å². The third-order valence-corrected chi connectivity index (χ3v) is 6.09. The first-order valence-corrected chi connectivity index (χ1v) is 11.5. The van der Waals surface area contributed by atoms with Gasteiger partial charge in [0.2, 0.25) is 23.8 Å². The topological polar surface area (TPSA) is 120 Å². The first kappa shape index (κ1) is 22.7. The molecule has 33 heavy (non-hydrogen) atoms. The molecule has 0 saturated carbocycles. The number of rotatable bonds is 12. The van der Waals surface area contributed by atoms with Gasteiger partial charge in [0.25, 0.3) is 0 Å². The Kier molecular flexibility index (Phi) is 7.53. The minimum Gasteiger partial charge on any atom is -0.462 e. The molecule has 3 N–H and O–H groups in total. The highest BCUT2D eigenvalue weighted by atomic mass is 32.1. The lowest BCUT2D eigenvalue weighted by molar-refractivity contribution is -0.118. The zero-order valence-electron chi connectivity index (χ0n) is 18.3. The maximum absolute atomic E-state index is 11.9. The average molecular weight is 470 g/mol. The smallest absolute Gasteiger partial charge is 0.248 e.